The Kier molecular flexibility index (Phi) is 7.50. The molecule has 0 radical (unpaired) electrons. The zero-order valence-corrected chi connectivity index (χ0v) is 15.6. The monoisotopic (exact) mass is 388 g/mol. The lowest BCUT2D eigenvalue weighted by molar-refractivity contribution is -0.121. The number of hydrogen-bond donors (Lipinski definition) is 2. The number of methoxy groups -OCH3 is 1. The number of ether oxygens (including phenoxy) is 2. The number of hydrogen-bond acceptors (Lipinski definition) is 5. The van der Waals surface area contributed by atoms with Crippen LogP contribution >= 0.6 is 0 Å². The summed E-state index contributed by atoms with van der Waals surface area (Å²) in [6, 6.07) is 9.70. The summed E-state index contributed by atoms with van der Waals surface area (Å²) >= 11 is 0. The third-order valence-corrected chi connectivity index (χ3v) is 3.79. The van der Waals surface area contributed by atoms with E-state index in [1.54, 1.807) is 6.07 Å². The molecule has 7 nitrogen and oxygen atoms in total. The van der Waals surface area contributed by atoms with Crippen LogP contribution in [0.2, 0.25) is 0 Å². The van der Waals surface area contributed by atoms with Crippen LogP contribution in [0.1, 0.15) is 40.5 Å². The number of amides is 2. The fourth-order valence-corrected chi connectivity index (χ4v) is 2.35. The van der Waals surface area contributed by atoms with Crippen molar-refractivity contribution in [2.75, 3.05) is 13.7 Å². The predicted molar refractivity (Wildman–Crippen MR) is 99.7 cm³/mol. The van der Waals surface area contributed by atoms with Crippen LogP contribution in [0.25, 0.3) is 0 Å². The number of nitrogens with one attached hydrogen (secondary N) is 2. The molecule has 0 aliphatic heterocycles. The first kappa shape index (κ1) is 20.9. The number of halogens is 1. The Balaban J connectivity index is 1.84. The molecule has 0 atom stereocenters. The molecule has 0 spiro atoms. The molecular formula is C20H21FN2O5. The highest BCUT2D eigenvalue weighted by Crippen LogP contribution is 2.27. The second-order valence-corrected chi connectivity index (χ2v) is 5.73. The van der Waals surface area contributed by atoms with Crippen molar-refractivity contribution in [3.05, 3.63) is 59.4 Å². The number of benzene rings is 2. The van der Waals surface area contributed by atoms with Crippen molar-refractivity contribution in [3.63, 3.8) is 0 Å². The molecule has 0 aliphatic carbocycles. The van der Waals surface area contributed by atoms with Gasteiger partial charge in [0.05, 0.1) is 13.7 Å². The maximum absolute atomic E-state index is 12.9. The second kappa shape index (κ2) is 10.1. The molecule has 2 amide bonds. The Hall–Kier alpha value is -3.42. The van der Waals surface area contributed by atoms with E-state index >= 15 is 0 Å². The molecule has 8 heteroatoms. The molecule has 0 saturated carbocycles. The van der Waals surface area contributed by atoms with Crippen LogP contribution in [-0.4, -0.2) is 31.3 Å². The van der Waals surface area contributed by atoms with E-state index in [9.17, 15) is 18.8 Å². The minimum atomic E-state index is -0.542. The summed E-state index contributed by atoms with van der Waals surface area (Å²) < 4.78 is 23.4. The highest BCUT2D eigenvalue weighted by atomic mass is 19.1. The van der Waals surface area contributed by atoms with E-state index in [4.69, 9.17) is 9.47 Å². The van der Waals surface area contributed by atoms with Crippen LogP contribution in [0.15, 0.2) is 42.5 Å². The molecule has 0 bridgehead atoms. The van der Waals surface area contributed by atoms with Crippen molar-refractivity contribution in [1.82, 2.24) is 10.9 Å². The molecule has 0 aliphatic rings. The van der Waals surface area contributed by atoms with E-state index in [1.165, 1.54) is 43.5 Å². The van der Waals surface area contributed by atoms with Crippen molar-refractivity contribution in [1.29, 1.82) is 0 Å². The van der Waals surface area contributed by atoms with Crippen molar-refractivity contribution >= 4 is 17.6 Å². The quantitative estimate of drug-likeness (QED) is 0.536. The second-order valence-electron chi connectivity index (χ2n) is 5.73. The van der Waals surface area contributed by atoms with Crippen LogP contribution in [0.4, 0.5) is 4.39 Å². The molecule has 0 unspecified atom stereocenters. The average Bonchev–Trinajstić information content (AvgIpc) is 2.71. The molecule has 0 saturated heterocycles. The van der Waals surface area contributed by atoms with Gasteiger partial charge in [-0.1, -0.05) is 0 Å². The number of ketones is 1. The van der Waals surface area contributed by atoms with Gasteiger partial charge < -0.3 is 9.47 Å². The van der Waals surface area contributed by atoms with Gasteiger partial charge >= 0.3 is 0 Å². The van der Waals surface area contributed by atoms with E-state index < -0.39 is 17.6 Å². The molecule has 28 heavy (non-hydrogen) atoms. The molecule has 0 fully saturated rings. The van der Waals surface area contributed by atoms with Gasteiger partial charge in [0.15, 0.2) is 17.3 Å². The van der Waals surface area contributed by atoms with Crippen molar-refractivity contribution in [3.8, 4) is 11.5 Å². The largest absolute Gasteiger partial charge is 0.493 e. The molecule has 0 heterocycles. The van der Waals surface area contributed by atoms with Gasteiger partial charge in [-0.25, -0.2) is 4.39 Å². The lowest BCUT2D eigenvalue weighted by atomic mass is 10.1. The average molecular weight is 388 g/mol. The van der Waals surface area contributed by atoms with E-state index in [0.29, 0.717) is 23.7 Å². The third-order valence-electron chi connectivity index (χ3n) is 3.79. The van der Waals surface area contributed by atoms with Crippen LogP contribution in [0, 0.1) is 5.82 Å². The van der Waals surface area contributed by atoms with Gasteiger partial charge in [-0.2, -0.15) is 0 Å². The number of carbonyl (C=O) groups is 3. The first-order valence-electron chi connectivity index (χ1n) is 8.63. The maximum atomic E-state index is 12.9. The summed E-state index contributed by atoms with van der Waals surface area (Å²) in [5.41, 5.74) is 5.11. The minimum Gasteiger partial charge on any atom is -0.493 e. The topological polar surface area (TPSA) is 93.7 Å². The van der Waals surface area contributed by atoms with Crippen molar-refractivity contribution < 1.29 is 28.2 Å². The fourth-order valence-electron chi connectivity index (χ4n) is 2.35. The standard InChI is InChI=1S/C20H21FN2O5/c1-3-28-17-10-6-14(12-18(17)27-2)20(26)23-22-19(25)11-9-16(24)13-4-7-15(21)8-5-13/h4-8,10,12H,3,9,11H2,1-2H3,(H,22,25)(H,23,26). The first-order chi connectivity index (χ1) is 13.4. The summed E-state index contributed by atoms with van der Waals surface area (Å²) in [6.07, 6.45) is -0.187. The summed E-state index contributed by atoms with van der Waals surface area (Å²) in [4.78, 5) is 36.0. The van der Waals surface area contributed by atoms with Gasteiger partial charge in [-0.15, -0.1) is 0 Å². The molecule has 0 aromatic heterocycles. The summed E-state index contributed by atoms with van der Waals surface area (Å²) in [5.74, 6) is -0.905. The number of hydrazine groups is 1. The summed E-state index contributed by atoms with van der Waals surface area (Å²) in [5, 5.41) is 0. The van der Waals surface area contributed by atoms with Crippen LogP contribution in [0.3, 0.4) is 0 Å². The zero-order valence-electron chi connectivity index (χ0n) is 15.6. The number of rotatable bonds is 8. The molecule has 2 N–H and O–H groups in total. The Labute approximate surface area is 161 Å². The Morgan fingerprint density at radius 1 is 0.929 bits per heavy atom. The minimum absolute atomic E-state index is 0.0653. The zero-order chi connectivity index (χ0) is 20.5. The predicted octanol–water partition coefficient (Wildman–Crippen LogP) is 2.66. The van der Waals surface area contributed by atoms with Crippen LogP contribution in [-0.2, 0) is 4.79 Å². The normalized spacial score (nSPS) is 10.1. The van der Waals surface area contributed by atoms with E-state index in [0.717, 1.165) is 0 Å². The van der Waals surface area contributed by atoms with Crippen molar-refractivity contribution in [2.24, 2.45) is 0 Å². The van der Waals surface area contributed by atoms with E-state index in [1.807, 2.05) is 6.92 Å². The Morgan fingerprint density at radius 2 is 1.61 bits per heavy atom. The van der Waals surface area contributed by atoms with Gasteiger partial charge in [0, 0.05) is 24.0 Å². The first-order valence-corrected chi connectivity index (χ1v) is 8.63. The molecule has 148 valence electrons. The maximum Gasteiger partial charge on any atom is 0.269 e. The third kappa shape index (κ3) is 5.80. The number of carbonyl (C=O) groups excluding carboxylic acids is 3. The van der Waals surface area contributed by atoms with Crippen LogP contribution in [0.5, 0.6) is 11.5 Å². The summed E-state index contributed by atoms with van der Waals surface area (Å²) in [6.45, 7) is 2.28. The number of Topliss-reactive ketones (excluding diaryl/α,β-unsaturated/α-hetero) is 1. The van der Waals surface area contributed by atoms with Gasteiger partial charge in [-0.3, -0.25) is 25.2 Å². The van der Waals surface area contributed by atoms with Gasteiger partial charge in [0.2, 0.25) is 5.91 Å². The van der Waals surface area contributed by atoms with Crippen LogP contribution < -0.4 is 20.3 Å². The Bertz CT molecular complexity index is 852. The van der Waals surface area contributed by atoms with E-state index in [2.05, 4.69) is 10.9 Å². The smallest absolute Gasteiger partial charge is 0.269 e. The Morgan fingerprint density at radius 3 is 2.25 bits per heavy atom. The molecule has 2 rings (SSSR count). The summed E-state index contributed by atoms with van der Waals surface area (Å²) in [7, 11) is 1.46. The fraction of sp³-hybridized carbons (Fsp3) is 0.250. The highest BCUT2D eigenvalue weighted by molar-refractivity contribution is 5.99. The van der Waals surface area contributed by atoms with Crippen molar-refractivity contribution in [2.45, 2.75) is 19.8 Å². The van der Waals surface area contributed by atoms with Gasteiger partial charge in [0.25, 0.3) is 5.91 Å². The lowest BCUT2D eigenvalue weighted by Gasteiger charge is -2.11. The SMILES string of the molecule is CCOc1ccc(C(=O)NNC(=O)CCC(=O)c2ccc(F)cc2)cc1OC. The molecule has 2 aromatic carbocycles. The van der Waals surface area contributed by atoms with E-state index in [-0.39, 0.29) is 24.2 Å². The lowest BCUT2D eigenvalue weighted by Crippen LogP contribution is -2.41. The molecular weight excluding hydrogens is 367 g/mol. The highest BCUT2D eigenvalue weighted by Gasteiger charge is 2.13. The molecule has 2 aromatic rings. The van der Waals surface area contributed by atoms with Gasteiger partial charge in [0.1, 0.15) is 5.82 Å². The van der Waals surface area contributed by atoms with Gasteiger partial charge in [-0.05, 0) is 49.4 Å².